The minimum atomic E-state index is -1.93. The Hall–Kier alpha value is -3.08. The predicted octanol–water partition coefficient (Wildman–Crippen LogP) is 4.06. The summed E-state index contributed by atoms with van der Waals surface area (Å²) in [7, 11) is 1.39. The summed E-state index contributed by atoms with van der Waals surface area (Å²) in [5.74, 6) is -4.82. The van der Waals surface area contributed by atoms with Gasteiger partial charge < -0.3 is 14.9 Å². The number of ether oxygens (including phenoxy) is 1. The van der Waals surface area contributed by atoms with Crippen molar-refractivity contribution in [3.63, 3.8) is 0 Å². The first kappa shape index (κ1) is 29.0. The van der Waals surface area contributed by atoms with E-state index in [1.54, 1.807) is 36.4 Å². The molecule has 3 fully saturated rings. The number of nitrogens with zero attached hydrogens (tertiary/aromatic N) is 2. The molecule has 42 heavy (non-hydrogen) atoms. The normalized spacial score (nSPS) is 32.0. The molecular formula is C30H27BrCl2N2O7. The largest absolute Gasteiger partial charge is 0.508 e. The van der Waals surface area contributed by atoms with Gasteiger partial charge in [-0.2, -0.15) is 0 Å². The maximum absolute atomic E-state index is 14.0. The monoisotopic (exact) mass is 676 g/mol. The lowest BCUT2D eigenvalue weighted by Gasteiger charge is -2.50. The number of alkyl halides is 3. The van der Waals surface area contributed by atoms with Crippen molar-refractivity contribution < 1.29 is 34.1 Å². The summed E-state index contributed by atoms with van der Waals surface area (Å²) in [4.78, 5) is 53.5. The molecule has 9 nitrogen and oxygen atoms in total. The van der Waals surface area contributed by atoms with Crippen molar-refractivity contribution in [1.29, 1.82) is 0 Å². The highest BCUT2D eigenvalue weighted by atomic mass is 79.9. The van der Waals surface area contributed by atoms with Crippen molar-refractivity contribution in [2.75, 3.05) is 19.1 Å². The summed E-state index contributed by atoms with van der Waals surface area (Å²) in [6.07, 6.45) is 2.43. The van der Waals surface area contributed by atoms with E-state index in [-0.39, 0.29) is 53.9 Å². The summed E-state index contributed by atoms with van der Waals surface area (Å²) in [6, 6.07) is 11.1. The average Bonchev–Trinajstić information content (AvgIpc) is 3.30. The fourth-order valence-electron chi connectivity index (χ4n) is 7.19. The zero-order valence-corrected chi connectivity index (χ0v) is 25.5. The maximum Gasteiger partial charge on any atom is 0.254 e. The van der Waals surface area contributed by atoms with Gasteiger partial charge in [0.2, 0.25) is 11.8 Å². The number of benzene rings is 2. The second-order valence-electron chi connectivity index (χ2n) is 11.2. The van der Waals surface area contributed by atoms with Crippen molar-refractivity contribution in [3.05, 3.63) is 65.2 Å². The van der Waals surface area contributed by atoms with Crippen molar-refractivity contribution in [2.24, 2.45) is 17.8 Å². The van der Waals surface area contributed by atoms with Crippen LogP contribution in [0, 0.1) is 17.8 Å². The molecule has 6 rings (SSSR count). The second kappa shape index (κ2) is 10.3. The van der Waals surface area contributed by atoms with Gasteiger partial charge in [-0.05, 0) is 60.6 Å². The first-order valence-corrected chi connectivity index (χ1v) is 15.4. The van der Waals surface area contributed by atoms with E-state index in [0.717, 1.165) is 10.5 Å². The number of imide groups is 2. The lowest BCUT2D eigenvalue weighted by atomic mass is 9.56. The van der Waals surface area contributed by atoms with E-state index in [1.165, 1.54) is 18.1 Å². The number of carbonyl (C=O) groups is 4. The molecule has 4 aliphatic rings. The van der Waals surface area contributed by atoms with E-state index >= 15 is 0 Å². The van der Waals surface area contributed by atoms with Gasteiger partial charge in [0.25, 0.3) is 11.8 Å². The van der Waals surface area contributed by atoms with E-state index in [0.29, 0.717) is 17.6 Å². The Balaban J connectivity index is 1.42. The highest BCUT2D eigenvalue weighted by Gasteiger charge is 2.76. The fourth-order valence-corrected chi connectivity index (χ4v) is 8.62. The predicted molar refractivity (Wildman–Crippen MR) is 157 cm³/mol. The molecule has 6 atom stereocenters. The van der Waals surface area contributed by atoms with Gasteiger partial charge in [0.05, 0.1) is 24.4 Å². The van der Waals surface area contributed by atoms with Crippen molar-refractivity contribution in [2.45, 2.75) is 34.9 Å². The summed E-state index contributed by atoms with van der Waals surface area (Å²) in [6.45, 7) is 0.163. The Morgan fingerprint density at radius 2 is 1.69 bits per heavy atom. The van der Waals surface area contributed by atoms with Crippen LogP contribution >= 0.6 is 39.1 Å². The third-order valence-corrected chi connectivity index (χ3v) is 11.1. The number of aromatic hydroxyl groups is 2. The molecule has 2 N–H and O–H groups in total. The molecule has 220 valence electrons. The minimum absolute atomic E-state index is 0.102. The molecule has 0 bridgehead atoms. The second-order valence-corrected chi connectivity index (χ2v) is 12.9. The summed E-state index contributed by atoms with van der Waals surface area (Å²) in [5, 5.41) is 19.8. The third kappa shape index (κ3) is 3.94. The Labute approximate surface area is 260 Å². The number of rotatable bonds is 6. The molecule has 12 heteroatoms. The van der Waals surface area contributed by atoms with Crippen LogP contribution in [0.4, 0.5) is 0 Å². The molecule has 2 aliphatic heterocycles. The van der Waals surface area contributed by atoms with Gasteiger partial charge in [-0.3, -0.25) is 29.0 Å². The van der Waals surface area contributed by atoms with E-state index in [2.05, 4.69) is 15.9 Å². The van der Waals surface area contributed by atoms with Gasteiger partial charge in [-0.1, -0.05) is 45.8 Å². The number of amides is 4. The number of phenolic OH excluding ortho intramolecular Hbond substituents is 2. The summed E-state index contributed by atoms with van der Waals surface area (Å²) < 4.78 is 5.32. The number of likely N-dealkylation sites (tertiary alicyclic amines) is 2. The average molecular weight is 678 g/mol. The SMILES string of the molecule is COc1cc(C2C3=CCC4C(=O)N(CCc5ccc(O)cc5)C(=O)C4C3CC3(Cl)C(=O)N(CBr)C(=O)C23Cl)ccc1O. The smallest absolute Gasteiger partial charge is 0.254 e. The standard InChI is InChI=1S/C30H27BrCl2N2O7/c1-42-22-12-16(4-9-21(22)37)24-18-7-8-19-23(20(18)13-29(32)27(40)35(14-31)28(41)30(24,29)33)26(39)34(25(19)38)11-10-15-2-5-17(36)6-3-15/h2-7,9,12,19-20,23-24,36-37H,8,10-11,13-14H2,1H3. The van der Waals surface area contributed by atoms with E-state index in [9.17, 15) is 29.4 Å². The minimum Gasteiger partial charge on any atom is -0.508 e. The van der Waals surface area contributed by atoms with Crippen molar-refractivity contribution in [1.82, 2.24) is 9.80 Å². The van der Waals surface area contributed by atoms with Crippen LogP contribution in [0.1, 0.15) is 29.9 Å². The number of phenols is 2. The van der Waals surface area contributed by atoms with Crippen molar-refractivity contribution >= 4 is 62.8 Å². The van der Waals surface area contributed by atoms with E-state index in [4.69, 9.17) is 27.9 Å². The number of methoxy groups -OCH3 is 1. The number of hydrogen-bond donors (Lipinski definition) is 2. The number of carbonyl (C=O) groups excluding carboxylic acids is 4. The highest BCUT2D eigenvalue weighted by molar-refractivity contribution is 9.09. The first-order chi connectivity index (χ1) is 20.0. The quantitative estimate of drug-likeness (QED) is 0.205. The highest BCUT2D eigenvalue weighted by Crippen LogP contribution is 2.65. The number of hydrogen-bond acceptors (Lipinski definition) is 7. The van der Waals surface area contributed by atoms with Crippen LogP contribution in [0.15, 0.2) is 54.1 Å². The Morgan fingerprint density at radius 1 is 0.976 bits per heavy atom. The zero-order chi connectivity index (χ0) is 30.1. The molecule has 1 saturated carbocycles. The Bertz CT molecular complexity index is 1550. The molecule has 2 saturated heterocycles. The molecule has 0 spiro atoms. The van der Waals surface area contributed by atoms with Gasteiger partial charge in [-0.15, -0.1) is 23.2 Å². The van der Waals surface area contributed by atoms with Gasteiger partial charge >= 0.3 is 0 Å². The van der Waals surface area contributed by atoms with Gasteiger partial charge in [0.1, 0.15) is 5.75 Å². The lowest BCUT2D eigenvalue weighted by molar-refractivity contribution is -0.141. The van der Waals surface area contributed by atoms with Crippen LogP contribution < -0.4 is 4.74 Å². The molecule has 4 amide bonds. The molecule has 6 unspecified atom stereocenters. The van der Waals surface area contributed by atoms with Gasteiger partial charge in [0.15, 0.2) is 21.2 Å². The summed E-state index contributed by atoms with van der Waals surface area (Å²) >= 11 is 17.6. The molecule has 0 radical (unpaired) electrons. The summed E-state index contributed by atoms with van der Waals surface area (Å²) in [5.41, 5.74) is 1.89. The zero-order valence-electron chi connectivity index (χ0n) is 22.4. The lowest BCUT2D eigenvalue weighted by Crippen LogP contribution is -2.60. The third-order valence-electron chi connectivity index (χ3n) is 9.20. The molecule has 2 aromatic carbocycles. The molecule has 2 aliphatic carbocycles. The maximum atomic E-state index is 14.0. The number of fused-ring (bicyclic) bond motifs is 4. The molecular weight excluding hydrogens is 651 g/mol. The van der Waals surface area contributed by atoms with Crippen LogP contribution in [0.5, 0.6) is 17.2 Å². The van der Waals surface area contributed by atoms with Crippen LogP contribution in [0.3, 0.4) is 0 Å². The van der Waals surface area contributed by atoms with E-state index < -0.39 is 45.2 Å². The van der Waals surface area contributed by atoms with Crippen LogP contribution in [-0.4, -0.2) is 72.5 Å². The fraction of sp³-hybridized carbons (Fsp3) is 0.400. The Kier molecular flexibility index (Phi) is 7.10. The van der Waals surface area contributed by atoms with E-state index in [1.807, 2.05) is 6.08 Å². The molecule has 2 aromatic rings. The number of allylic oxidation sites excluding steroid dienone is 2. The topological polar surface area (TPSA) is 124 Å². The van der Waals surface area contributed by atoms with Crippen LogP contribution in [0.25, 0.3) is 0 Å². The molecule has 0 aromatic heterocycles. The van der Waals surface area contributed by atoms with Crippen LogP contribution in [-0.2, 0) is 25.6 Å². The first-order valence-electron chi connectivity index (χ1n) is 13.5. The van der Waals surface area contributed by atoms with Gasteiger partial charge in [-0.25, -0.2) is 0 Å². The van der Waals surface area contributed by atoms with Gasteiger partial charge in [0, 0.05) is 12.5 Å². The molecule has 2 heterocycles. The van der Waals surface area contributed by atoms with Crippen LogP contribution in [0.2, 0.25) is 0 Å². The number of halogens is 3. The van der Waals surface area contributed by atoms with Crippen molar-refractivity contribution in [3.8, 4) is 17.2 Å². The Morgan fingerprint density at radius 3 is 2.36 bits per heavy atom.